The van der Waals surface area contributed by atoms with Gasteiger partial charge in [0.15, 0.2) is 5.96 Å². The summed E-state index contributed by atoms with van der Waals surface area (Å²) in [4.78, 5) is 20.7. The van der Waals surface area contributed by atoms with Gasteiger partial charge >= 0.3 is 0 Å². The number of rotatable bonds is 4. The highest BCUT2D eigenvalue weighted by Gasteiger charge is 2.34. The topological polar surface area (TPSA) is 66.0 Å². The van der Waals surface area contributed by atoms with Gasteiger partial charge < -0.3 is 20.3 Å². The molecule has 8 heteroatoms. The van der Waals surface area contributed by atoms with Crippen LogP contribution in [0.2, 0.25) is 0 Å². The molecule has 31 heavy (non-hydrogen) atoms. The first-order valence-corrected chi connectivity index (χ1v) is 11.5. The molecular formula is C23H31IN4O2S. The van der Waals surface area contributed by atoms with Gasteiger partial charge in [0.1, 0.15) is 17.9 Å². The van der Waals surface area contributed by atoms with E-state index in [2.05, 4.69) is 47.0 Å². The SMILES string of the molecule is CCNC(=NCC(=O)N1CCc2sccc2C1)NC1CC(C)(C)Oc2ccccc21.I. The minimum Gasteiger partial charge on any atom is -0.487 e. The van der Waals surface area contributed by atoms with Gasteiger partial charge in [0.05, 0.1) is 6.04 Å². The van der Waals surface area contributed by atoms with Crippen molar-refractivity contribution < 1.29 is 9.53 Å². The number of amides is 1. The summed E-state index contributed by atoms with van der Waals surface area (Å²) in [6, 6.07) is 10.3. The van der Waals surface area contributed by atoms with Crippen molar-refractivity contribution in [2.24, 2.45) is 4.99 Å². The number of fused-ring (bicyclic) bond motifs is 2. The third-order valence-electron chi connectivity index (χ3n) is 5.56. The number of hydrogen-bond donors (Lipinski definition) is 2. The molecule has 2 aliphatic heterocycles. The van der Waals surface area contributed by atoms with Gasteiger partial charge in [0, 0.05) is 36.5 Å². The smallest absolute Gasteiger partial charge is 0.244 e. The summed E-state index contributed by atoms with van der Waals surface area (Å²) in [6.07, 6.45) is 1.75. The van der Waals surface area contributed by atoms with E-state index < -0.39 is 0 Å². The number of aliphatic imine (C=N–C) groups is 1. The van der Waals surface area contributed by atoms with Gasteiger partial charge in [-0.2, -0.15) is 0 Å². The second-order valence-corrected chi connectivity index (χ2v) is 9.43. The van der Waals surface area contributed by atoms with Crippen LogP contribution in [0.25, 0.3) is 0 Å². The Bertz CT molecular complexity index is 943. The maximum atomic E-state index is 12.8. The number of halogens is 1. The van der Waals surface area contributed by atoms with E-state index in [0.717, 1.165) is 37.2 Å². The summed E-state index contributed by atoms with van der Waals surface area (Å²) >= 11 is 1.78. The Labute approximate surface area is 205 Å². The van der Waals surface area contributed by atoms with Crippen LogP contribution in [0, 0.1) is 0 Å². The van der Waals surface area contributed by atoms with Gasteiger partial charge in [0.25, 0.3) is 0 Å². The maximum Gasteiger partial charge on any atom is 0.244 e. The number of benzene rings is 1. The molecule has 1 aromatic carbocycles. The minimum absolute atomic E-state index is 0. The second kappa shape index (κ2) is 10.2. The van der Waals surface area contributed by atoms with E-state index in [-0.39, 0.29) is 48.1 Å². The molecule has 6 nitrogen and oxygen atoms in total. The van der Waals surface area contributed by atoms with E-state index in [1.165, 1.54) is 10.4 Å². The predicted octanol–water partition coefficient (Wildman–Crippen LogP) is 4.11. The number of nitrogens with zero attached hydrogens (tertiary/aromatic N) is 2. The van der Waals surface area contributed by atoms with Gasteiger partial charge in [-0.1, -0.05) is 18.2 Å². The second-order valence-electron chi connectivity index (χ2n) is 8.43. The highest BCUT2D eigenvalue weighted by Crippen LogP contribution is 2.39. The zero-order chi connectivity index (χ0) is 21.1. The first kappa shape index (κ1) is 23.8. The quantitative estimate of drug-likeness (QED) is 0.339. The van der Waals surface area contributed by atoms with E-state index in [0.29, 0.717) is 12.5 Å². The number of carbonyl (C=O) groups is 1. The molecule has 168 valence electrons. The van der Waals surface area contributed by atoms with E-state index in [9.17, 15) is 4.79 Å². The molecule has 4 rings (SSSR count). The maximum absolute atomic E-state index is 12.8. The fourth-order valence-electron chi connectivity index (χ4n) is 4.12. The van der Waals surface area contributed by atoms with Crippen molar-refractivity contribution in [3.8, 4) is 5.75 Å². The lowest BCUT2D eigenvalue weighted by Gasteiger charge is -2.38. The third-order valence-corrected chi connectivity index (χ3v) is 6.59. The van der Waals surface area contributed by atoms with E-state index in [1.54, 1.807) is 11.3 Å². The van der Waals surface area contributed by atoms with Gasteiger partial charge in [-0.15, -0.1) is 35.3 Å². The van der Waals surface area contributed by atoms with Gasteiger partial charge in [-0.05, 0) is 50.3 Å². The standard InChI is InChI=1S/C23H30N4O2S.HI/c1-4-24-22(25-14-21(28)27-11-9-20-16(15-27)10-12-30-20)26-18-13-23(2,3)29-19-8-6-5-7-17(18)19;/h5-8,10,12,18H,4,9,11,13-15H2,1-3H3,(H2,24,25,26);1H. The first-order valence-electron chi connectivity index (χ1n) is 10.6. The van der Waals surface area contributed by atoms with Crippen LogP contribution in [0.15, 0.2) is 40.7 Å². The average molecular weight is 554 g/mol. The molecule has 0 aliphatic carbocycles. The molecule has 0 radical (unpaired) electrons. The average Bonchev–Trinajstić information content (AvgIpc) is 3.19. The summed E-state index contributed by atoms with van der Waals surface area (Å²) in [5.41, 5.74) is 2.12. The summed E-state index contributed by atoms with van der Waals surface area (Å²) in [5, 5.41) is 8.92. The molecule has 1 aromatic heterocycles. The monoisotopic (exact) mass is 554 g/mol. The molecule has 0 fully saturated rings. The van der Waals surface area contributed by atoms with Crippen molar-refractivity contribution in [1.82, 2.24) is 15.5 Å². The number of guanidine groups is 1. The lowest BCUT2D eigenvalue weighted by molar-refractivity contribution is -0.130. The largest absolute Gasteiger partial charge is 0.487 e. The molecule has 0 spiro atoms. The van der Waals surface area contributed by atoms with E-state index >= 15 is 0 Å². The molecule has 1 unspecified atom stereocenters. The van der Waals surface area contributed by atoms with Crippen LogP contribution in [0.1, 0.15) is 49.2 Å². The Morgan fingerprint density at radius 1 is 1.32 bits per heavy atom. The van der Waals surface area contributed by atoms with Crippen molar-refractivity contribution >= 4 is 47.2 Å². The van der Waals surface area contributed by atoms with Crippen LogP contribution in [0.5, 0.6) is 5.75 Å². The fraction of sp³-hybridized carbons (Fsp3) is 0.478. The van der Waals surface area contributed by atoms with Crippen LogP contribution in [0.3, 0.4) is 0 Å². The van der Waals surface area contributed by atoms with Gasteiger partial charge in [-0.3, -0.25) is 4.79 Å². The Morgan fingerprint density at radius 2 is 2.13 bits per heavy atom. The predicted molar refractivity (Wildman–Crippen MR) is 136 cm³/mol. The van der Waals surface area contributed by atoms with E-state index in [1.807, 2.05) is 30.0 Å². The first-order chi connectivity index (χ1) is 14.4. The Kier molecular flexibility index (Phi) is 7.85. The molecule has 2 aliphatic rings. The van der Waals surface area contributed by atoms with Crippen molar-refractivity contribution in [3.05, 3.63) is 51.7 Å². The van der Waals surface area contributed by atoms with Crippen molar-refractivity contribution in [1.29, 1.82) is 0 Å². The Hall–Kier alpha value is -1.81. The van der Waals surface area contributed by atoms with E-state index in [4.69, 9.17) is 4.74 Å². The summed E-state index contributed by atoms with van der Waals surface area (Å²) < 4.78 is 6.13. The third kappa shape index (κ3) is 5.71. The fourth-order valence-corrected chi connectivity index (χ4v) is 5.01. The normalized spacial score (nSPS) is 19.4. The summed E-state index contributed by atoms with van der Waals surface area (Å²) in [7, 11) is 0. The van der Waals surface area contributed by atoms with Crippen LogP contribution >= 0.6 is 35.3 Å². The number of thiophene rings is 1. The van der Waals surface area contributed by atoms with Gasteiger partial charge in [0.2, 0.25) is 5.91 Å². The number of nitrogens with one attached hydrogen (secondary N) is 2. The number of carbonyl (C=O) groups excluding carboxylic acids is 1. The Balaban J connectivity index is 0.00000272. The molecule has 1 amide bonds. The lowest BCUT2D eigenvalue weighted by atomic mass is 9.90. The molecule has 0 bridgehead atoms. The number of ether oxygens (including phenoxy) is 1. The highest BCUT2D eigenvalue weighted by molar-refractivity contribution is 14.0. The molecule has 1 atom stereocenters. The number of hydrogen-bond acceptors (Lipinski definition) is 4. The van der Waals surface area contributed by atoms with Crippen molar-refractivity contribution in [3.63, 3.8) is 0 Å². The summed E-state index contributed by atoms with van der Waals surface area (Å²) in [6.45, 7) is 8.56. The molecule has 0 saturated heterocycles. The number of para-hydroxylation sites is 1. The summed E-state index contributed by atoms with van der Waals surface area (Å²) in [5.74, 6) is 1.63. The van der Waals surface area contributed by atoms with Crippen molar-refractivity contribution in [2.45, 2.75) is 51.8 Å². The van der Waals surface area contributed by atoms with Crippen LogP contribution < -0.4 is 15.4 Å². The van der Waals surface area contributed by atoms with Crippen molar-refractivity contribution in [2.75, 3.05) is 19.6 Å². The molecule has 3 heterocycles. The molecule has 0 saturated carbocycles. The lowest BCUT2D eigenvalue weighted by Crippen LogP contribution is -2.46. The van der Waals surface area contributed by atoms with Gasteiger partial charge in [-0.25, -0.2) is 4.99 Å². The zero-order valence-electron chi connectivity index (χ0n) is 18.3. The van der Waals surface area contributed by atoms with Crippen LogP contribution in [-0.2, 0) is 17.8 Å². The minimum atomic E-state index is -0.273. The Morgan fingerprint density at radius 3 is 2.94 bits per heavy atom. The zero-order valence-corrected chi connectivity index (χ0v) is 21.5. The molecule has 2 N–H and O–H groups in total. The van der Waals surface area contributed by atoms with Crippen LogP contribution in [0.4, 0.5) is 0 Å². The molecule has 2 aromatic rings. The molecular weight excluding hydrogens is 523 g/mol. The highest BCUT2D eigenvalue weighted by atomic mass is 127. The van der Waals surface area contributed by atoms with Crippen LogP contribution in [-0.4, -0.2) is 42.0 Å².